The molecule has 0 heterocycles. The van der Waals surface area contributed by atoms with Crippen LogP contribution in [0.4, 0.5) is 5.69 Å². The second-order valence-electron chi connectivity index (χ2n) is 5.17. The summed E-state index contributed by atoms with van der Waals surface area (Å²) in [5, 5.41) is 16.7. The van der Waals surface area contributed by atoms with Gasteiger partial charge in [0.15, 0.2) is 0 Å². The van der Waals surface area contributed by atoms with Crippen molar-refractivity contribution in [3.8, 4) is 11.5 Å². The molecule has 0 radical (unpaired) electrons. The second kappa shape index (κ2) is 8.57. The first-order valence-corrected chi connectivity index (χ1v) is 7.66. The van der Waals surface area contributed by atoms with Gasteiger partial charge in [-0.05, 0) is 43.7 Å². The van der Waals surface area contributed by atoms with Crippen LogP contribution in [0.2, 0.25) is 0 Å². The zero-order valence-corrected chi connectivity index (χ0v) is 13.7. The van der Waals surface area contributed by atoms with Crippen molar-refractivity contribution in [2.75, 3.05) is 18.5 Å². The summed E-state index contributed by atoms with van der Waals surface area (Å²) in [5.74, 6) is 0.341. The number of rotatable bonds is 7. The zero-order valence-electron chi connectivity index (χ0n) is 13.7. The molecule has 3 N–H and O–H groups in total. The van der Waals surface area contributed by atoms with E-state index >= 15 is 0 Å². The van der Waals surface area contributed by atoms with Crippen molar-refractivity contribution in [2.45, 2.75) is 13.8 Å². The standard InChI is InChI=1S/C18H21N3O3/c1-3-24-16-8-7-14(17(22)10-16)11-20-21-18(23)12-19-15-6-4-5-13(2)9-15/h4-11,19,22H,3,12H2,1-2H3,(H,21,23). The van der Waals surface area contributed by atoms with Crippen LogP contribution in [0, 0.1) is 6.92 Å². The van der Waals surface area contributed by atoms with E-state index in [1.165, 1.54) is 12.3 Å². The molecule has 0 aliphatic rings. The summed E-state index contributed by atoms with van der Waals surface area (Å²) in [6.45, 7) is 4.48. The number of nitrogens with zero attached hydrogens (tertiary/aromatic N) is 1. The molecule has 2 aromatic carbocycles. The number of hydrogen-bond donors (Lipinski definition) is 3. The molecule has 0 aromatic heterocycles. The number of ether oxygens (including phenoxy) is 1. The Morgan fingerprint density at radius 1 is 1.29 bits per heavy atom. The Bertz CT molecular complexity index is 729. The molecule has 1 amide bonds. The minimum absolute atomic E-state index is 0.0387. The van der Waals surface area contributed by atoms with E-state index in [1.807, 2.05) is 38.1 Å². The van der Waals surface area contributed by atoms with Crippen LogP contribution in [-0.2, 0) is 4.79 Å². The monoisotopic (exact) mass is 327 g/mol. The Morgan fingerprint density at radius 3 is 2.83 bits per heavy atom. The third-order valence-electron chi connectivity index (χ3n) is 3.18. The highest BCUT2D eigenvalue weighted by molar-refractivity contribution is 5.86. The summed E-state index contributed by atoms with van der Waals surface area (Å²) in [4.78, 5) is 11.7. The average Bonchev–Trinajstić information content (AvgIpc) is 2.55. The number of nitrogens with one attached hydrogen (secondary N) is 2. The normalized spacial score (nSPS) is 10.6. The van der Waals surface area contributed by atoms with Crippen molar-refractivity contribution in [3.05, 3.63) is 53.6 Å². The highest BCUT2D eigenvalue weighted by atomic mass is 16.5. The Balaban J connectivity index is 1.83. The lowest BCUT2D eigenvalue weighted by Crippen LogP contribution is -2.25. The van der Waals surface area contributed by atoms with E-state index in [2.05, 4.69) is 15.8 Å². The van der Waals surface area contributed by atoms with Crippen molar-refractivity contribution >= 4 is 17.8 Å². The fourth-order valence-corrected chi connectivity index (χ4v) is 2.04. The van der Waals surface area contributed by atoms with Crippen molar-refractivity contribution in [3.63, 3.8) is 0 Å². The number of aryl methyl sites for hydroxylation is 1. The molecular weight excluding hydrogens is 306 g/mol. The summed E-state index contributed by atoms with van der Waals surface area (Å²) < 4.78 is 5.28. The van der Waals surface area contributed by atoms with E-state index in [9.17, 15) is 9.90 Å². The van der Waals surface area contributed by atoms with Gasteiger partial charge in [0, 0.05) is 17.3 Å². The van der Waals surface area contributed by atoms with E-state index in [0.29, 0.717) is 17.9 Å². The lowest BCUT2D eigenvalue weighted by Gasteiger charge is -2.06. The second-order valence-corrected chi connectivity index (χ2v) is 5.17. The Labute approximate surface area is 141 Å². The molecule has 0 saturated carbocycles. The van der Waals surface area contributed by atoms with E-state index in [4.69, 9.17) is 4.74 Å². The fourth-order valence-electron chi connectivity index (χ4n) is 2.04. The van der Waals surface area contributed by atoms with Crippen LogP contribution in [-0.4, -0.2) is 30.4 Å². The predicted octanol–water partition coefficient (Wildman–Crippen LogP) is 2.66. The minimum atomic E-state index is -0.279. The highest BCUT2D eigenvalue weighted by Crippen LogP contribution is 2.22. The highest BCUT2D eigenvalue weighted by Gasteiger charge is 2.02. The average molecular weight is 327 g/mol. The molecule has 0 bridgehead atoms. The summed E-state index contributed by atoms with van der Waals surface area (Å²) in [6.07, 6.45) is 1.38. The molecule has 0 atom stereocenters. The maximum Gasteiger partial charge on any atom is 0.259 e. The summed E-state index contributed by atoms with van der Waals surface area (Å²) in [5.41, 5.74) is 4.89. The summed E-state index contributed by atoms with van der Waals surface area (Å²) in [6, 6.07) is 12.6. The van der Waals surface area contributed by atoms with Gasteiger partial charge in [0.25, 0.3) is 5.91 Å². The van der Waals surface area contributed by atoms with Gasteiger partial charge in [-0.25, -0.2) is 5.43 Å². The SMILES string of the molecule is CCOc1ccc(C=NNC(=O)CNc2cccc(C)c2)c(O)c1. The number of hydrazone groups is 1. The Morgan fingerprint density at radius 2 is 2.12 bits per heavy atom. The van der Waals surface area contributed by atoms with Gasteiger partial charge in [0.1, 0.15) is 11.5 Å². The van der Waals surface area contributed by atoms with Gasteiger partial charge in [-0.2, -0.15) is 5.10 Å². The molecule has 0 aliphatic carbocycles. The Kier molecular flexibility index (Phi) is 6.19. The summed E-state index contributed by atoms with van der Waals surface area (Å²) >= 11 is 0. The molecule has 24 heavy (non-hydrogen) atoms. The number of hydrogen-bond acceptors (Lipinski definition) is 5. The third kappa shape index (κ3) is 5.31. The number of carbonyl (C=O) groups is 1. The van der Waals surface area contributed by atoms with Gasteiger partial charge in [0.2, 0.25) is 0 Å². The lowest BCUT2D eigenvalue weighted by atomic mass is 10.2. The molecule has 2 rings (SSSR count). The molecule has 0 unspecified atom stereocenters. The van der Waals surface area contributed by atoms with E-state index < -0.39 is 0 Å². The van der Waals surface area contributed by atoms with Gasteiger partial charge in [-0.1, -0.05) is 12.1 Å². The maximum atomic E-state index is 11.7. The maximum absolute atomic E-state index is 11.7. The fraction of sp³-hybridized carbons (Fsp3) is 0.222. The molecule has 0 spiro atoms. The first kappa shape index (κ1) is 17.3. The van der Waals surface area contributed by atoms with Crippen LogP contribution in [0.25, 0.3) is 0 Å². The number of benzene rings is 2. The molecule has 0 aliphatic heterocycles. The topological polar surface area (TPSA) is 83.0 Å². The number of anilines is 1. The quantitative estimate of drug-likeness (QED) is 0.539. The molecular formula is C18H21N3O3. The zero-order chi connectivity index (χ0) is 17.4. The van der Waals surface area contributed by atoms with Crippen molar-refractivity contribution in [2.24, 2.45) is 5.10 Å². The summed E-state index contributed by atoms with van der Waals surface area (Å²) in [7, 11) is 0. The van der Waals surface area contributed by atoms with Crippen LogP contribution >= 0.6 is 0 Å². The van der Waals surface area contributed by atoms with Crippen molar-refractivity contribution in [1.29, 1.82) is 0 Å². The first-order chi connectivity index (χ1) is 11.6. The van der Waals surface area contributed by atoms with Crippen molar-refractivity contribution in [1.82, 2.24) is 5.43 Å². The van der Waals surface area contributed by atoms with Gasteiger partial charge in [0.05, 0.1) is 19.4 Å². The van der Waals surface area contributed by atoms with Gasteiger partial charge < -0.3 is 15.2 Å². The van der Waals surface area contributed by atoms with E-state index in [-0.39, 0.29) is 18.2 Å². The number of amides is 1. The molecule has 0 fully saturated rings. The smallest absolute Gasteiger partial charge is 0.259 e. The van der Waals surface area contributed by atoms with Crippen LogP contribution in [0.5, 0.6) is 11.5 Å². The largest absolute Gasteiger partial charge is 0.507 e. The van der Waals surface area contributed by atoms with E-state index in [0.717, 1.165) is 11.3 Å². The lowest BCUT2D eigenvalue weighted by molar-refractivity contribution is -0.119. The number of phenols is 1. The number of carbonyl (C=O) groups excluding carboxylic acids is 1. The Hall–Kier alpha value is -3.02. The van der Waals surface area contributed by atoms with Crippen LogP contribution in [0.1, 0.15) is 18.1 Å². The molecule has 6 heteroatoms. The number of phenolic OH excluding ortho intramolecular Hbond substituents is 1. The third-order valence-corrected chi connectivity index (χ3v) is 3.18. The van der Waals surface area contributed by atoms with Gasteiger partial charge in [-0.15, -0.1) is 0 Å². The van der Waals surface area contributed by atoms with Crippen LogP contribution in [0.3, 0.4) is 0 Å². The molecule has 126 valence electrons. The predicted molar refractivity (Wildman–Crippen MR) is 94.7 cm³/mol. The van der Waals surface area contributed by atoms with Gasteiger partial charge >= 0.3 is 0 Å². The van der Waals surface area contributed by atoms with Crippen LogP contribution < -0.4 is 15.5 Å². The number of aromatic hydroxyl groups is 1. The van der Waals surface area contributed by atoms with Crippen molar-refractivity contribution < 1.29 is 14.6 Å². The molecule has 2 aromatic rings. The first-order valence-electron chi connectivity index (χ1n) is 7.66. The van der Waals surface area contributed by atoms with Crippen LogP contribution in [0.15, 0.2) is 47.6 Å². The minimum Gasteiger partial charge on any atom is -0.507 e. The molecule has 0 saturated heterocycles. The molecule has 6 nitrogen and oxygen atoms in total. The van der Waals surface area contributed by atoms with Gasteiger partial charge in [-0.3, -0.25) is 4.79 Å². The van der Waals surface area contributed by atoms with E-state index in [1.54, 1.807) is 12.1 Å².